The van der Waals surface area contributed by atoms with E-state index in [1.165, 1.54) is 6.33 Å². The Morgan fingerprint density at radius 1 is 1.38 bits per heavy atom. The molecule has 0 saturated heterocycles. The van der Waals surface area contributed by atoms with E-state index < -0.39 is 4.92 Å². The molecule has 1 aromatic heterocycles. The Balaban J connectivity index is 2.29. The van der Waals surface area contributed by atoms with Crippen molar-refractivity contribution in [3.8, 4) is 0 Å². The molecule has 8 heteroatoms. The molecule has 0 aliphatic rings. The van der Waals surface area contributed by atoms with Crippen molar-refractivity contribution in [3.05, 3.63) is 51.3 Å². The number of nitro groups is 1. The van der Waals surface area contributed by atoms with Gasteiger partial charge in [0.05, 0.1) is 6.04 Å². The summed E-state index contributed by atoms with van der Waals surface area (Å²) in [6, 6.07) is 7.70. The molecule has 0 amide bonds. The minimum atomic E-state index is -0.482. The van der Waals surface area contributed by atoms with Gasteiger partial charge in [0.2, 0.25) is 12.1 Å². The summed E-state index contributed by atoms with van der Waals surface area (Å²) in [7, 11) is 1.73. The number of halogens is 1. The van der Waals surface area contributed by atoms with Crippen LogP contribution in [0.25, 0.3) is 0 Å². The lowest BCUT2D eigenvalue weighted by Crippen LogP contribution is -2.33. The normalized spacial score (nSPS) is 12.4. The van der Waals surface area contributed by atoms with E-state index in [1.807, 2.05) is 24.3 Å². The Hall–Kier alpha value is -2.12. The number of hydrogen-bond acceptors (Lipinski definition) is 5. The highest BCUT2D eigenvalue weighted by Crippen LogP contribution is 2.29. The van der Waals surface area contributed by atoms with Crippen molar-refractivity contribution < 1.29 is 4.92 Å². The van der Waals surface area contributed by atoms with Crippen molar-refractivity contribution in [2.45, 2.75) is 19.9 Å². The molecule has 2 rings (SSSR count). The minimum absolute atomic E-state index is 0.00297. The monoisotopic (exact) mass is 351 g/mol. The van der Waals surface area contributed by atoms with Crippen molar-refractivity contribution >= 4 is 23.2 Å². The number of aromatic nitrogens is 2. The summed E-state index contributed by atoms with van der Waals surface area (Å²) in [5.74, 6) is 0.221. The number of rotatable bonds is 8. The minimum Gasteiger partial charge on any atom is -0.362 e. The maximum Gasteiger partial charge on any atom is 0.406 e. The molecule has 7 nitrogen and oxygen atoms in total. The molecule has 0 fully saturated rings. The lowest BCUT2D eigenvalue weighted by atomic mass is 10.0. The molecule has 1 aromatic carbocycles. The smallest absolute Gasteiger partial charge is 0.362 e. The molecule has 2 aromatic rings. The molecule has 0 saturated carbocycles. The maximum absolute atomic E-state index is 11.1. The van der Waals surface area contributed by atoms with Crippen molar-refractivity contribution in [3.63, 3.8) is 0 Å². The molecule has 0 aliphatic heterocycles. The SMILES string of the molecule is CCN(CC)C(CNc1c([N+](=O)[O-])ncn1C)c1ccccc1Cl. The fourth-order valence-electron chi connectivity index (χ4n) is 2.79. The zero-order chi connectivity index (χ0) is 17.7. The van der Waals surface area contributed by atoms with Gasteiger partial charge in [0, 0.05) is 18.6 Å². The van der Waals surface area contributed by atoms with Gasteiger partial charge in [-0.2, -0.15) is 0 Å². The summed E-state index contributed by atoms with van der Waals surface area (Å²) < 4.78 is 1.62. The average Bonchev–Trinajstić information content (AvgIpc) is 2.93. The summed E-state index contributed by atoms with van der Waals surface area (Å²) in [5.41, 5.74) is 1.00. The Morgan fingerprint density at radius 3 is 2.62 bits per heavy atom. The van der Waals surface area contributed by atoms with Gasteiger partial charge in [-0.3, -0.25) is 9.47 Å². The first-order valence-corrected chi connectivity index (χ1v) is 8.25. The molecule has 1 unspecified atom stereocenters. The highest BCUT2D eigenvalue weighted by molar-refractivity contribution is 6.31. The predicted octanol–water partition coefficient (Wildman–Crippen LogP) is 3.48. The summed E-state index contributed by atoms with van der Waals surface area (Å²) in [6.45, 7) is 6.36. The largest absolute Gasteiger partial charge is 0.406 e. The first-order chi connectivity index (χ1) is 11.5. The van der Waals surface area contributed by atoms with E-state index in [4.69, 9.17) is 11.6 Å². The van der Waals surface area contributed by atoms with Crippen molar-refractivity contribution in [1.29, 1.82) is 0 Å². The van der Waals surface area contributed by atoms with Crippen LogP contribution in [0.15, 0.2) is 30.6 Å². The molecule has 130 valence electrons. The Morgan fingerprint density at radius 2 is 2.04 bits per heavy atom. The Bertz CT molecular complexity index is 700. The third kappa shape index (κ3) is 3.85. The van der Waals surface area contributed by atoms with Crippen LogP contribution in [0, 0.1) is 10.1 Å². The number of likely N-dealkylation sites (N-methyl/N-ethyl adjacent to an activating group) is 1. The van der Waals surface area contributed by atoms with Crippen molar-refractivity contribution in [1.82, 2.24) is 14.5 Å². The summed E-state index contributed by atoms with van der Waals surface area (Å²) in [6.07, 6.45) is 1.43. The molecule has 24 heavy (non-hydrogen) atoms. The van der Waals surface area contributed by atoms with Crippen LogP contribution in [-0.4, -0.2) is 39.0 Å². The fraction of sp³-hybridized carbons (Fsp3) is 0.438. The summed E-state index contributed by atoms with van der Waals surface area (Å²) in [5, 5.41) is 15.0. The topological polar surface area (TPSA) is 76.2 Å². The summed E-state index contributed by atoms with van der Waals surface area (Å²) >= 11 is 6.37. The number of nitrogens with zero attached hydrogens (tertiary/aromatic N) is 4. The van der Waals surface area contributed by atoms with E-state index in [0.29, 0.717) is 17.4 Å². The average molecular weight is 352 g/mol. The third-order valence-electron chi connectivity index (χ3n) is 4.07. The standard InChI is InChI=1S/C16H22ClN5O2/c1-4-21(5-2)14(12-8-6-7-9-13(12)17)10-18-15-16(22(23)24)19-11-20(15)3/h6-9,11,14,18H,4-5,10H2,1-3H3. The number of nitrogens with one attached hydrogen (secondary N) is 1. The first kappa shape index (κ1) is 18.2. The quantitative estimate of drug-likeness (QED) is 0.582. The highest BCUT2D eigenvalue weighted by atomic mass is 35.5. The zero-order valence-corrected chi connectivity index (χ0v) is 14.8. The van der Waals surface area contributed by atoms with Gasteiger partial charge in [-0.1, -0.05) is 43.6 Å². The number of benzene rings is 1. The van der Waals surface area contributed by atoms with Crippen LogP contribution < -0.4 is 5.32 Å². The molecular formula is C16H22ClN5O2. The van der Waals surface area contributed by atoms with Crippen LogP contribution in [0.5, 0.6) is 0 Å². The second-order valence-electron chi connectivity index (χ2n) is 5.42. The van der Waals surface area contributed by atoms with Crippen LogP contribution >= 0.6 is 11.6 Å². The second kappa shape index (κ2) is 8.12. The Labute approximate surface area is 146 Å². The van der Waals surface area contributed by atoms with Gasteiger partial charge in [0.1, 0.15) is 0 Å². The van der Waals surface area contributed by atoms with E-state index in [-0.39, 0.29) is 11.9 Å². The van der Waals surface area contributed by atoms with Crippen molar-refractivity contribution in [2.24, 2.45) is 7.05 Å². The molecule has 0 aliphatic carbocycles. The third-order valence-corrected chi connectivity index (χ3v) is 4.42. The van der Waals surface area contributed by atoms with Crippen molar-refractivity contribution in [2.75, 3.05) is 25.0 Å². The lowest BCUT2D eigenvalue weighted by molar-refractivity contribution is -0.388. The lowest BCUT2D eigenvalue weighted by Gasteiger charge is -2.31. The Kier molecular flexibility index (Phi) is 6.16. The van der Waals surface area contributed by atoms with Gasteiger partial charge in [0.25, 0.3) is 0 Å². The van der Waals surface area contributed by atoms with E-state index in [9.17, 15) is 10.1 Å². The van der Waals surface area contributed by atoms with E-state index in [1.54, 1.807) is 11.6 Å². The molecule has 1 heterocycles. The maximum atomic E-state index is 11.1. The molecular weight excluding hydrogens is 330 g/mol. The van der Waals surface area contributed by atoms with Gasteiger partial charge in [-0.15, -0.1) is 0 Å². The molecule has 1 N–H and O–H groups in total. The van der Waals surface area contributed by atoms with Crippen LogP contribution in [0.3, 0.4) is 0 Å². The van der Waals surface area contributed by atoms with E-state index in [2.05, 4.69) is 29.0 Å². The van der Waals surface area contributed by atoms with Gasteiger partial charge >= 0.3 is 5.82 Å². The van der Waals surface area contributed by atoms with Crippen LogP contribution in [0.4, 0.5) is 11.6 Å². The first-order valence-electron chi connectivity index (χ1n) is 7.87. The van der Waals surface area contributed by atoms with Gasteiger partial charge in [-0.25, -0.2) is 0 Å². The van der Waals surface area contributed by atoms with Crippen LogP contribution in [0.2, 0.25) is 5.02 Å². The fourth-order valence-corrected chi connectivity index (χ4v) is 3.06. The van der Waals surface area contributed by atoms with Gasteiger partial charge in [0.15, 0.2) is 0 Å². The molecule has 1 atom stereocenters. The number of imidazole rings is 1. The molecule has 0 bridgehead atoms. The predicted molar refractivity (Wildman–Crippen MR) is 95.5 cm³/mol. The number of aryl methyl sites for hydroxylation is 1. The van der Waals surface area contributed by atoms with Gasteiger partial charge < -0.3 is 15.4 Å². The number of anilines is 1. The zero-order valence-electron chi connectivity index (χ0n) is 14.1. The highest BCUT2D eigenvalue weighted by Gasteiger charge is 2.24. The summed E-state index contributed by atoms with van der Waals surface area (Å²) in [4.78, 5) is 16.7. The second-order valence-corrected chi connectivity index (χ2v) is 5.83. The van der Waals surface area contributed by atoms with E-state index in [0.717, 1.165) is 18.7 Å². The van der Waals surface area contributed by atoms with Crippen LogP contribution in [-0.2, 0) is 7.05 Å². The van der Waals surface area contributed by atoms with Crippen LogP contribution in [0.1, 0.15) is 25.5 Å². The molecule has 0 radical (unpaired) electrons. The molecule has 0 spiro atoms. The van der Waals surface area contributed by atoms with Gasteiger partial charge in [-0.05, 0) is 34.6 Å². The van der Waals surface area contributed by atoms with E-state index >= 15 is 0 Å². The number of hydrogen-bond donors (Lipinski definition) is 1.